The number of fused-ring (bicyclic) bond motifs is 1. The lowest BCUT2D eigenvalue weighted by atomic mass is 9.99. The van der Waals surface area contributed by atoms with Gasteiger partial charge in [0, 0.05) is 18.7 Å². The summed E-state index contributed by atoms with van der Waals surface area (Å²) in [5, 5.41) is 8.97. The van der Waals surface area contributed by atoms with Crippen LogP contribution in [0, 0.1) is 0 Å². The number of aromatic carboxylic acids is 1. The summed E-state index contributed by atoms with van der Waals surface area (Å²) in [7, 11) is 0. The molecule has 1 N–H and O–H groups in total. The predicted octanol–water partition coefficient (Wildman–Crippen LogP) is 2.07. The third-order valence-electron chi connectivity index (χ3n) is 2.98. The molecule has 2 rings (SSSR count). The summed E-state index contributed by atoms with van der Waals surface area (Å²) in [4.78, 5) is 24.4. The molecule has 0 spiro atoms. The maximum absolute atomic E-state index is 11.8. The highest BCUT2D eigenvalue weighted by atomic mass is 16.4. The normalized spacial score (nSPS) is 14.6. The molecule has 0 radical (unpaired) electrons. The number of anilines is 1. The summed E-state index contributed by atoms with van der Waals surface area (Å²) < 4.78 is 0. The number of benzene rings is 1. The van der Waals surface area contributed by atoms with Crippen LogP contribution >= 0.6 is 0 Å². The van der Waals surface area contributed by atoms with Crippen molar-refractivity contribution in [2.45, 2.75) is 26.2 Å². The smallest absolute Gasteiger partial charge is 0.335 e. The van der Waals surface area contributed by atoms with Crippen LogP contribution in [0.4, 0.5) is 5.69 Å². The van der Waals surface area contributed by atoms with Gasteiger partial charge in [0.25, 0.3) is 0 Å². The van der Waals surface area contributed by atoms with Crippen LogP contribution in [0.5, 0.6) is 0 Å². The van der Waals surface area contributed by atoms with Gasteiger partial charge in [0.1, 0.15) is 0 Å². The molecule has 0 bridgehead atoms. The number of aryl methyl sites for hydroxylation is 1. The van der Waals surface area contributed by atoms with E-state index < -0.39 is 5.97 Å². The SMILES string of the molecule is CCCN1C(=O)CCc2ccc(C(=O)O)cc21. The molecule has 1 aliphatic rings. The number of rotatable bonds is 3. The first-order chi connectivity index (χ1) is 8.13. The van der Waals surface area contributed by atoms with Crippen LogP contribution in [0.1, 0.15) is 35.7 Å². The molecule has 0 aromatic heterocycles. The van der Waals surface area contributed by atoms with E-state index in [1.165, 1.54) is 0 Å². The monoisotopic (exact) mass is 233 g/mol. The van der Waals surface area contributed by atoms with Crippen LogP contribution in [-0.4, -0.2) is 23.5 Å². The predicted molar refractivity (Wildman–Crippen MR) is 64.4 cm³/mol. The van der Waals surface area contributed by atoms with Crippen LogP contribution < -0.4 is 4.90 Å². The highest BCUT2D eigenvalue weighted by Crippen LogP contribution is 2.29. The van der Waals surface area contributed by atoms with Gasteiger partial charge in [-0.2, -0.15) is 0 Å². The zero-order chi connectivity index (χ0) is 12.4. The highest BCUT2D eigenvalue weighted by Gasteiger charge is 2.24. The summed E-state index contributed by atoms with van der Waals surface area (Å²) in [6, 6.07) is 5.01. The second-order valence-electron chi connectivity index (χ2n) is 4.19. The number of amides is 1. The van der Waals surface area contributed by atoms with Gasteiger partial charge in [0.15, 0.2) is 0 Å². The molecule has 1 aromatic carbocycles. The molecule has 0 saturated carbocycles. The number of nitrogens with zero attached hydrogens (tertiary/aromatic N) is 1. The zero-order valence-corrected chi connectivity index (χ0v) is 9.77. The van der Waals surface area contributed by atoms with E-state index in [-0.39, 0.29) is 11.5 Å². The quantitative estimate of drug-likeness (QED) is 0.869. The largest absolute Gasteiger partial charge is 0.478 e. The minimum absolute atomic E-state index is 0.0851. The number of hydrogen-bond acceptors (Lipinski definition) is 2. The summed E-state index contributed by atoms with van der Waals surface area (Å²) in [6.45, 7) is 2.65. The minimum atomic E-state index is -0.956. The van der Waals surface area contributed by atoms with E-state index in [1.54, 1.807) is 17.0 Å². The van der Waals surface area contributed by atoms with E-state index >= 15 is 0 Å². The second-order valence-corrected chi connectivity index (χ2v) is 4.19. The Morgan fingerprint density at radius 3 is 2.82 bits per heavy atom. The van der Waals surface area contributed by atoms with E-state index in [0.29, 0.717) is 19.4 Å². The summed E-state index contributed by atoms with van der Waals surface area (Å²) >= 11 is 0. The van der Waals surface area contributed by atoms with Crippen molar-refractivity contribution < 1.29 is 14.7 Å². The van der Waals surface area contributed by atoms with E-state index in [9.17, 15) is 9.59 Å². The van der Waals surface area contributed by atoms with E-state index in [0.717, 1.165) is 17.7 Å². The molecule has 1 heterocycles. The Labute approximate surface area is 99.9 Å². The molecule has 90 valence electrons. The van der Waals surface area contributed by atoms with E-state index in [2.05, 4.69) is 0 Å². The van der Waals surface area contributed by atoms with Crippen molar-refractivity contribution in [1.29, 1.82) is 0 Å². The molecule has 0 unspecified atom stereocenters. The Hall–Kier alpha value is -1.84. The molecular weight excluding hydrogens is 218 g/mol. The molecule has 4 nitrogen and oxygen atoms in total. The highest BCUT2D eigenvalue weighted by molar-refractivity contribution is 5.98. The molecule has 0 atom stereocenters. The number of carbonyl (C=O) groups excluding carboxylic acids is 1. The van der Waals surface area contributed by atoms with Gasteiger partial charge in [-0.15, -0.1) is 0 Å². The van der Waals surface area contributed by atoms with Crippen LogP contribution in [0.25, 0.3) is 0 Å². The van der Waals surface area contributed by atoms with Crippen LogP contribution in [0.15, 0.2) is 18.2 Å². The number of hydrogen-bond donors (Lipinski definition) is 1. The third-order valence-corrected chi connectivity index (χ3v) is 2.98. The Kier molecular flexibility index (Phi) is 3.13. The minimum Gasteiger partial charge on any atom is -0.478 e. The van der Waals surface area contributed by atoms with Gasteiger partial charge >= 0.3 is 5.97 Å². The van der Waals surface area contributed by atoms with Crippen molar-refractivity contribution in [3.8, 4) is 0 Å². The molecule has 1 amide bonds. The molecular formula is C13H15NO3. The van der Waals surface area contributed by atoms with Crippen molar-refractivity contribution in [1.82, 2.24) is 0 Å². The molecule has 1 aromatic rings. The Morgan fingerprint density at radius 1 is 1.41 bits per heavy atom. The second kappa shape index (κ2) is 4.57. The lowest BCUT2D eigenvalue weighted by molar-refractivity contribution is -0.118. The van der Waals surface area contributed by atoms with Crippen LogP contribution in [0.3, 0.4) is 0 Å². The standard InChI is InChI=1S/C13H15NO3/c1-2-7-14-11-8-10(13(16)17)4-3-9(11)5-6-12(14)15/h3-4,8H,2,5-7H2,1H3,(H,16,17). The lowest BCUT2D eigenvalue weighted by Gasteiger charge is -2.29. The van der Waals surface area contributed by atoms with Crippen LogP contribution in [-0.2, 0) is 11.2 Å². The Bertz CT molecular complexity index is 468. The topological polar surface area (TPSA) is 57.6 Å². The van der Waals surface area contributed by atoms with E-state index in [4.69, 9.17) is 5.11 Å². The van der Waals surface area contributed by atoms with Crippen molar-refractivity contribution in [3.05, 3.63) is 29.3 Å². The summed E-state index contributed by atoms with van der Waals surface area (Å²) in [5.74, 6) is -0.871. The Morgan fingerprint density at radius 2 is 2.18 bits per heavy atom. The van der Waals surface area contributed by atoms with Gasteiger partial charge in [-0.1, -0.05) is 13.0 Å². The van der Waals surface area contributed by atoms with Gasteiger partial charge in [0.2, 0.25) is 5.91 Å². The van der Waals surface area contributed by atoms with Gasteiger partial charge in [0.05, 0.1) is 5.56 Å². The maximum atomic E-state index is 11.8. The molecule has 0 fully saturated rings. The van der Waals surface area contributed by atoms with Crippen molar-refractivity contribution in [3.63, 3.8) is 0 Å². The maximum Gasteiger partial charge on any atom is 0.335 e. The number of carbonyl (C=O) groups is 2. The molecule has 1 aliphatic heterocycles. The third kappa shape index (κ3) is 2.16. The van der Waals surface area contributed by atoms with Gasteiger partial charge in [-0.3, -0.25) is 4.79 Å². The lowest BCUT2D eigenvalue weighted by Crippen LogP contribution is -2.35. The van der Waals surface area contributed by atoms with Gasteiger partial charge in [-0.25, -0.2) is 4.79 Å². The fourth-order valence-electron chi connectivity index (χ4n) is 2.14. The molecule has 17 heavy (non-hydrogen) atoms. The number of carboxylic acid groups (broad SMARTS) is 1. The van der Waals surface area contributed by atoms with Crippen molar-refractivity contribution >= 4 is 17.6 Å². The fourth-order valence-corrected chi connectivity index (χ4v) is 2.14. The Balaban J connectivity index is 2.44. The van der Waals surface area contributed by atoms with Crippen LogP contribution in [0.2, 0.25) is 0 Å². The average molecular weight is 233 g/mol. The van der Waals surface area contributed by atoms with Crippen molar-refractivity contribution in [2.24, 2.45) is 0 Å². The summed E-state index contributed by atoms with van der Waals surface area (Å²) in [6.07, 6.45) is 2.08. The zero-order valence-electron chi connectivity index (χ0n) is 9.77. The molecule has 0 saturated heterocycles. The average Bonchev–Trinajstić information content (AvgIpc) is 2.32. The molecule has 4 heteroatoms. The summed E-state index contributed by atoms with van der Waals surface area (Å²) in [5.41, 5.74) is 2.06. The van der Waals surface area contributed by atoms with Crippen molar-refractivity contribution in [2.75, 3.05) is 11.4 Å². The first kappa shape index (κ1) is 11.6. The first-order valence-electron chi connectivity index (χ1n) is 5.80. The fraction of sp³-hybridized carbons (Fsp3) is 0.385. The van der Waals surface area contributed by atoms with Gasteiger partial charge in [-0.05, 0) is 30.5 Å². The number of carboxylic acids is 1. The first-order valence-corrected chi connectivity index (χ1v) is 5.80. The van der Waals surface area contributed by atoms with Gasteiger partial charge < -0.3 is 10.0 Å². The van der Waals surface area contributed by atoms with E-state index in [1.807, 2.05) is 13.0 Å². The molecule has 0 aliphatic carbocycles.